The van der Waals surface area contributed by atoms with E-state index >= 15 is 0 Å². The standard InChI is InChI=1S/C17H17ClN2O/c18-14-6-8-15(9-7-14)20-17(21)19-11-13-10-16(13)12-4-2-1-3-5-12/h1-9,13,16H,10-11H2,(H2,19,20,21)/t13-,16-/m1/s1. The van der Waals surface area contributed by atoms with Crippen molar-refractivity contribution in [2.45, 2.75) is 12.3 Å². The Morgan fingerprint density at radius 2 is 1.81 bits per heavy atom. The molecule has 1 fully saturated rings. The van der Waals surface area contributed by atoms with Crippen molar-refractivity contribution in [3.63, 3.8) is 0 Å². The number of carbonyl (C=O) groups is 1. The Morgan fingerprint density at radius 1 is 1.10 bits per heavy atom. The van der Waals surface area contributed by atoms with Crippen LogP contribution in [-0.2, 0) is 0 Å². The molecular formula is C17H17ClN2O. The second kappa shape index (κ2) is 6.19. The van der Waals surface area contributed by atoms with Crippen LogP contribution in [0.5, 0.6) is 0 Å². The molecule has 2 N–H and O–H groups in total. The van der Waals surface area contributed by atoms with Crippen LogP contribution >= 0.6 is 11.6 Å². The average Bonchev–Trinajstić information content (AvgIpc) is 3.28. The fraction of sp³-hybridized carbons (Fsp3) is 0.235. The molecule has 2 aromatic rings. The summed E-state index contributed by atoms with van der Waals surface area (Å²) in [6, 6.07) is 17.4. The first-order chi connectivity index (χ1) is 10.2. The van der Waals surface area contributed by atoms with E-state index in [0.717, 1.165) is 12.1 Å². The molecule has 21 heavy (non-hydrogen) atoms. The zero-order chi connectivity index (χ0) is 14.7. The van der Waals surface area contributed by atoms with Gasteiger partial charge in [-0.25, -0.2) is 4.79 Å². The van der Waals surface area contributed by atoms with Crippen LogP contribution < -0.4 is 10.6 Å². The fourth-order valence-electron chi connectivity index (χ4n) is 2.51. The van der Waals surface area contributed by atoms with E-state index in [1.165, 1.54) is 5.56 Å². The molecule has 0 saturated heterocycles. The second-order valence-electron chi connectivity index (χ2n) is 5.35. The highest BCUT2D eigenvalue weighted by atomic mass is 35.5. The lowest BCUT2D eigenvalue weighted by Gasteiger charge is -2.07. The van der Waals surface area contributed by atoms with Crippen LogP contribution in [0.15, 0.2) is 54.6 Å². The third-order valence-electron chi connectivity index (χ3n) is 3.78. The lowest BCUT2D eigenvalue weighted by Crippen LogP contribution is -2.30. The molecule has 3 nitrogen and oxygen atoms in total. The van der Waals surface area contributed by atoms with E-state index in [1.54, 1.807) is 24.3 Å². The van der Waals surface area contributed by atoms with Gasteiger partial charge in [-0.2, -0.15) is 0 Å². The second-order valence-corrected chi connectivity index (χ2v) is 5.79. The molecular weight excluding hydrogens is 284 g/mol. The summed E-state index contributed by atoms with van der Waals surface area (Å²) in [5, 5.41) is 6.38. The Hall–Kier alpha value is -2.00. The van der Waals surface area contributed by atoms with Crippen molar-refractivity contribution >= 4 is 23.3 Å². The van der Waals surface area contributed by atoms with Crippen molar-refractivity contribution in [2.75, 3.05) is 11.9 Å². The minimum absolute atomic E-state index is 0.170. The van der Waals surface area contributed by atoms with Crippen LogP contribution in [0.4, 0.5) is 10.5 Å². The molecule has 0 aliphatic heterocycles. The minimum atomic E-state index is -0.170. The summed E-state index contributed by atoms with van der Waals surface area (Å²) in [5.74, 6) is 1.13. The number of anilines is 1. The van der Waals surface area contributed by atoms with Gasteiger partial charge in [0.05, 0.1) is 0 Å². The summed E-state index contributed by atoms with van der Waals surface area (Å²) in [7, 11) is 0. The molecule has 108 valence electrons. The number of halogens is 1. The SMILES string of the molecule is O=C(NC[C@H]1C[C@@H]1c1ccccc1)Nc1ccc(Cl)cc1. The number of hydrogen-bond acceptors (Lipinski definition) is 1. The molecule has 0 radical (unpaired) electrons. The molecule has 0 spiro atoms. The minimum Gasteiger partial charge on any atom is -0.338 e. The Morgan fingerprint density at radius 3 is 2.52 bits per heavy atom. The molecule has 1 aliphatic rings. The van der Waals surface area contributed by atoms with Crippen molar-refractivity contribution in [2.24, 2.45) is 5.92 Å². The highest BCUT2D eigenvalue weighted by molar-refractivity contribution is 6.30. The number of rotatable bonds is 4. The smallest absolute Gasteiger partial charge is 0.319 e. The molecule has 0 bridgehead atoms. The summed E-state index contributed by atoms with van der Waals surface area (Å²) in [6.45, 7) is 0.707. The van der Waals surface area contributed by atoms with Crippen molar-refractivity contribution in [1.82, 2.24) is 5.32 Å². The topological polar surface area (TPSA) is 41.1 Å². The highest BCUT2D eigenvalue weighted by Gasteiger charge is 2.37. The average molecular weight is 301 g/mol. The van der Waals surface area contributed by atoms with E-state index in [0.29, 0.717) is 23.4 Å². The molecule has 2 aromatic carbocycles. The molecule has 2 amide bonds. The summed E-state index contributed by atoms with van der Waals surface area (Å²) >= 11 is 5.81. The summed E-state index contributed by atoms with van der Waals surface area (Å²) < 4.78 is 0. The van der Waals surface area contributed by atoms with Gasteiger partial charge in [-0.15, -0.1) is 0 Å². The van der Waals surface area contributed by atoms with Crippen molar-refractivity contribution in [3.8, 4) is 0 Å². The van der Waals surface area contributed by atoms with E-state index in [9.17, 15) is 4.79 Å². The van der Waals surface area contributed by atoms with Gasteiger partial charge in [-0.05, 0) is 48.1 Å². The van der Waals surface area contributed by atoms with Gasteiger partial charge in [0.15, 0.2) is 0 Å². The maximum absolute atomic E-state index is 11.8. The first-order valence-electron chi connectivity index (χ1n) is 7.08. The third kappa shape index (κ3) is 3.76. The van der Waals surface area contributed by atoms with E-state index in [2.05, 4.69) is 34.9 Å². The largest absolute Gasteiger partial charge is 0.338 e. The Bertz CT molecular complexity index is 612. The van der Waals surface area contributed by atoms with Crippen LogP contribution in [0.25, 0.3) is 0 Å². The molecule has 2 atom stereocenters. The van der Waals surface area contributed by atoms with E-state index < -0.39 is 0 Å². The molecule has 0 heterocycles. The van der Waals surface area contributed by atoms with Gasteiger partial charge >= 0.3 is 6.03 Å². The van der Waals surface area contributed by atoms with Gasteiger partial charge in [0.2, 0.25) is 0 Å². The van der Waals surface area contributed by atoms with Gasteiger partial charge in [-0.3, -0.25) is 0 Å². The highest BCUT2D eigenvalue weighted by Crippen LogP contribution is 2.46. The zero-order valence-electron chi connectivity index (χ0n) is 11.6. The van der Waals surface area contributed by atoms with E-state index in [4.69, 9.17) is 11.6 Å². The summed E-state index contributed by atoms with van der Waals surface area (Å²) in [5.41, 5.74) is 2.11. The predicted molar refractivity (Wildman–Crippen MR) is 85.8 cm³/mol. The van der Waals surface area contributed by atoms with Gasteiger partial charge in [0, 0.05) is 17.3 Å². The quantitative estimate of drug-likeness (QED) is 0.870. The lowest BCUT2D eigenvalue weighted by atomic mass is 10.1. The monoisotopic (exact) mass is 300 g/mol. The Labute approximate surface area is 129 Å². The van der Waals surface area contributed by atoms with Crippen molar-refractivity contribution in [1.29, 1.82) is 0 Å². The molecule has 1 aliphatic carbocycles. The van der Waals surface area contributed by atoms with Gasteiger partial charge in [0.25, 0.3) is 0 Å². The summed E-state index contributed by atoms with van der Waals surface area (Å²) in [4.78, 5) is 11.8. The van der Waals surface area contributed by atoms with Crippen LogP contribution in [0, 0.1) is 5.92 Å². The molecule has 4 heteroatoms. The number of nitrogens with one attached hydrogen (secondary N) is 2. The zero-order valence-corrected chi connectivity index (χ0v) is 12.3. The van der Waals surface area contributed by atoms with E-state index in [1.807, 2.05) is 6.07 Å². The maximum atomic E-state index is 11.8. The molecule has 0 aromatic heterocycles. The first-order valence-corrected chi connectivity index (χ1v) is 7.45. The number of urea groups is 1. The molecule has 0 unspecified atom stereocenters. The predicted octanol–water partition coefficient (Wildman–Crippen LogP) is 4.27. The van der Waals surface area contributed by atoms with Crippen molar-refractivity contribution in [3.05, 3.63) is 65.2 Å². The van der Waals surface area contributed by atoms with Crippen LogP contribution in [0.3, 0.4) is 0 Å². The molecule has 1 saturated carbocycles. The van der Waals surface area contributed by atoms with Crippen molar-refractivity contribution < 1.29 is 4.79 Å². The van der Waals surface area contributed by atoms with Gasteiger partial charge in [-0.1, -0.05) is 41.9 Å². The lowest BCUT2D eigenvalue weighted by molar-refractivity contribution is 0.251. The van der Waals surface area contributed by atoms with Crippen LogP contribution in [-0.4, -0.2) is 12.6 Å². The molecule has 3 rings (SSSR count). The third-order valence-corrected chi connectivity index (χ3v) is 4.03. The Kier molecular flexibility index (Phi) is 4.11. The van der Waals surface area contributed by atoms with Gasteiger partial charge in [0.1, 0.15) is 0 Å². The van der Waals surface area contributed by atoms with Crippen LogP contribution in [0.1, 0.15) is 17.9 Å². The first kappa shape index (κ1) is 14.0. The Balaban J connectivity index is 1.44. The normalized spacial score (nSPS) is 19.9. The van der Waals surface area contributed by atoms with Gasteiger partial charge < -0.3 is 10.6 Å². The number of carbonyl (C=O) groups excluding carboxylic acids is 1. The van der Waals surface area contributed by atoms with E-state index in [-0.39, 0.29) is 6.03 Å². The number of hydrogen-bond donors (Lipinski definition) is 2. The number of amides is 2. The van der Waals surface area contributed by atoms with Crippen LogP contribution in [0.2, 0.25) is 5.02 Å². The fourth-order valence-corrected chi connectivity index (χ4v) is 2.64. The maximum Gasteiger partial charge on any atom is 0.319 e. The number of benzene rings is 2. The summed E-state index contributed by atoms with van der Waals surface area (Å²) in [6.07, 6.45) is 1.14.